The smallest absolute Gasteiger partial charge is 0.260 e. The van der Waals surface area contributed by atoms with Crippen molar-refractivity contribution in [3.8, 4) is 0 Å². The van der Waals surface area contributed by atoms with Crippen LogP contribution in [0.2, 0.25) is 0 Å². The van der Waals surface area contributed by atoms with Crippen LogP contribution >= 0.6 is 11.8 Å². The van der Waals surface area contributed by atoms with Gasteiger partial charge in [0.15, 0.2) is 5.03 Å². The van der Waals surface area contributed by atoms with Gasteiger partial charge in [-0.05, 0) is 6.92 Å². The molecule has 16 heavy (non-hydrogen) atoms. The number of aromatic nitrogens is 2. The normalized spacial score (nSPS) is 23.5. The predicted octanol–water partition coefficient (Wildman–Crippen LogP) is 0.844. The maximum atomic E-state index is 12.2. The summed E-state index contributed by atoms with van der Waals surface area (Å²) in [6, 6.07) is 0. The first-order valence-electron chi connectivity index (χ1n) is 5.13. The van der Waals surface area contributed by atoms with Crippen LogP contribution in [0, 0.1) is 6.92 Å². The van der Waals surface area contributed by atoms with Crippen LogP contribution in [0.4, 0.5) is 0 Å². The summed E-state index contributed by atoms with van der Waals surface area (Å²) in [7, 11) is -3.37. The third-order valence-corrected chi connectivity index (χ3v) is 5.41. The Morgan fingerprint density at radius 2 is 2.38 bits per heavy atom. The van der Waals surface area contributed by atoms with Crippen LogP contribution < -0.4 is 0 Å². The molecule has 7 heteroatoms. The summed E-state index contributed by atoms with van der Waals surface area (Å²) in [6.07, 6.45) is 1.39. The van der Waals surface area contributed by atoms with Crippen LogP contribution in [0.1, 0.15) is 12.7 Å². The van der Waals surface area contributed by atoms with Gasteiger partial charge in [-0.1, -0.05) is 6.92 Å². The van der Waals surface area contributed by atoms with Gasteiger partial charge in [-0.25, -0.2) is 13.4 Å². The van der Waals surface area contributed by atoms with Gasteiger partial charge in [-0.15, -0.1) is 0 Å². The van der Waals surface area contributed by atoms with E-state index in [1.807, 2.05) is 6.92 Å². The van der Waals surface area contributed by atoms with Crippen LogP contribution in [0.25, 0.3) is 0 Å². The molecule has 5 nitrogen and oxygen atoms in total. The number of sulfonamides is 1. The molecule has 0 aromatic carbocycles. The largest absolute Gasteiger partial charge is 0.332 e. The molecule has 2 heterocycles. The molecule has 0 bridgehead atoms. The molecule has 0 aliphatic carbocycles. The number of H-pyrrole nitrogens is 1. The highest BCUT2D eigenvalue weighted by Crippen LogP contribution is 2.23. The first-order chi connectivity index (χ1) is 7.50. The minimum Gasteiger partial charge on any atom is -0.332 e. The van der Waals surface area contributed by atoms with Crippen molar-refractivity contribution in [2.75, 3.05) is 18.8 Å². The van der Waals surface area contributed by atoms with Crippen molar-refractivity contribution in [1.29, 1.82) is 0 Å². The molecule has 2 rings (SSSR count). The maximum absolute atomic E-state index is 12.2. The monoisotopic (exact) mass is 261 g/mol. The number of nitrogens with one attached hydrogen (secondary N) is 1. The molecule has 0 saturated carbocycles. The second-order valence-corrected chi connectivity index (χ2v) is 7.33. The zero-order chi connectivity index (χ0) is 11.8. The van der Waals surface area contributed by atoms with Crippen LogP contribution in [0.3, 0.4) is 0 Å². The van der Waals surface area contributed by atoms with Crippen molar-refractivity contribution in [3.05, 3.63) is 12.0 Å². The molecule has 1 N–H and O–H groups in total. The fraction of sp³-hybridized carbons (Fsp3) is 0.667. The average molecular weight is 261 g/mol. The van der Waals surface area contributed by atoms with Crippen molar-refractivity contribution in [2.24, 2.45) is 0 Å². The minimum absolute atomic E-state index is 0.198. The Morgan fingerprint density at radius 3 is 2.94 bits per heavy atom. The summed E-state index contributed by atoms with van der Waals surface area (Å²) >= 11 is 1.81. The molecular formula is C9H15N3O2S2. The number of aromatic amines is 1. The van der Waals surface area contributed by atoms with Crippen molar-refractivity contribution in [1.82, 2.24) is 14.3 Å². The first kappa shape index (κ1) is 11.9. The van der Waals surface area contributed by atoms with E-state index < -0.39 is 10.0 Å². The Kier molecular flexibility index (Phi) is 3.27. The number of imidazole rings is 1. The molecule has 1 unspecified atom stereocenters. The van der Waals surface area contributed by atoms with Gasteiger partial charge in [0.25, 0.3) is 10.0 Å². The molecule has 1 aliphatic rings. The number of nitrogens with zero attached hydrogens (tertiary/aromatic N) is 2. The highest BCUT2D eigenvalue weighted by Gasteiger charge is 2.30. The first-order valence-corrected chi connectivity index (χ1v) is 7.62. The molecule has 90 valence electrons. The zero-order valence-electron chi connectivity index (χ0n) is 9.30. The summed E-state index contributed by atoms with van der Waals surface area (Å²) in [5.74, 6) is 1.48. The van der Waals surface area contributed by atoms with E-state index >= 15 is 0 Å². The molecule has 1 atom stereocenters. The van der Waals surface area contributed by atoms with Gasteiger partial charge in [0, 0.05) is 24.1 Å². The summed E-state index contributed by atoms with van der Waals surface area (Å²) in [5, 5.41) is 0.552. The van der Waals surface area contributed by atoms with E-state index in [4.69, 9.17) is 0 Å². The molecule has 0 amide bonds. The van der Waals surface area contributed by atoms with Gasteiger partial charge >= 0.3 is 0 Å². The second kappa shape index (κ2) is 4.38. The summed E-state index contributed by atoms with van der Waals surface area (Å²) in [5.41, 5.74) is 0. The fourth-order valence-electron chi connectivity index (χ4n) is 1.67. The molecule has 1 aliphatic heterocycles. The Morgan fingerprint density at radius 1 is 1.62 bits per heavy atom. The third-order valence-electron chi connectivity index (χ3n) is 2.50. The van der Waals surface area contributed by atoms with Crippen LogP contribution in [0.5, 0.6) is 0 Å². The van der Waals surface area contributed by atoms with Crippen LogP contribution in [-0.4, -0.2) is 46.8 Å². The Labute approximate surface area is 99.7 Å². The lowest BCUT2D eigenvalue weighted by Crippen LogP contribution is -2.41. The highest BCUT2D eigenvalue weighted by atomic mass is 32.2. The standard InChI is InChI=1S/C9H15N3O2S2/c1-7-6-12(3-4-15-7)16(13,14)9-5-10-8(2)11-9/h5,7H,3-4,6H2,1-2H3,(H,10,11). The fourth-order valence-corrected chi connectivity index (χ4v) is 4.39. The number of hydrogen-bond donors (Lipinski definition) is 1. The van der Waals surface area contributed by atoms with Gasteiger partial charge in [-0.2, -0.15) is 16.1 Å². The molecule has 1 fully saturated rings. The lowest BCUT2D eigenvalue weighted by molar-refractivity contribution is 0.422. The SMILES string of the molecule is Cc1ncc(S(=O)(=O)N2CCSC(C)C2)[nH]1. The van der Waals surface area contributed by atoms with Crippen molar-refractivity contribution < 1.29 is 8.42 Å². The average Bonchev–Trinajstić information content (AvgIpc) is 2.65. The van der Waals surface area contributed by atoms with Gasteiger partial charge < -0.3 is 4.98 Å². The number of hydrogen-bond acceptors (Lipinski definition) is 4. The van der Waals surface area contributed by atoms with Crippen molar-refractivity contribution in [3.63, 3.8) is 0 Å². The van der Waals surface area contributed by atoms with Crippen molar-refractivity contribution >= 4 is 21.8 Å². The molecular weight excluding hydrogens is 246 g/mol. The molecule has 0 spiro atoms. The van der Waals surface area contributed by atoms with E-state index in [1.54, 1.807) is 18.7 Å². The topological polar surface area (TPSA) is 66.1 Å². The van der Waals surface area contributed by atoms with E-state index in [2.05, 4.69) is 9.97 Å². The summed E-state index contributed by atoms with van der Waals surface area (Å²) in [6.45, 7) is 4.94. The van der Waals surface area contributed by atoms with E-state index in [0.29, 0.717) is 24.2 Å². The van der Waals surface area contributed by atoms with Gasteiger partial charge in [0.05, 0.1) is 6.20 Å². The van der Waals surface area contributed by atoms with Crippen molar-refractivity contribution in [2.45, 2.75) is 24.1 Å². The van der Waals surface area contributed by atoms with Crippen LogP contribution in [-0.2, 0) is 10.0 Å². The highest BCUT2D eigenvalue weighted by molar-refractivity contribution is 8.00. The lowest BCUT2D eigenvalue weighted by atomic mass is 10.4. The van der Waals surface area contributed by atoms with Gasteiger partial charge in [0.1, 0.15) is 5.82 Å². The summed E-state index contributed by atoms with van der Waals surface area (Å²) in [4.78, 5) is 6.71. The summed E-state index contributed by atoms with van der Waals surface area (Å²) < 4.78 is 25.9. The zero-order valence-corrected chi connectivity index (χ0v) is 10.9. The minimum atomic E-state index is -3.37. The second-order valence-electron chi connectivity index (χ2n) is 3.88. The van der Waals surface area contributed by atoms with E-state index in [9.17, 15) is 8.42 Å². The van der Waals surface area contributed by atoms with E-state index in [-0.39, 0.29) is 5.03 Å². The van der Waals surface area contributed by atoms with Crippen LogP contribution in [0.15, 0.2) is 11.2 Å². The van der Waals surface area contributed by atoms with E-state index in [0.717, 1.165) is 5.75 Å². The Balaban J connectivity index is 2.25. The number of thioether (sulfide) groups is 1. The molecule has 1 aromatic heterocycles. The van der Waals surface area contributed by atoms with Gasteiger partial charge in [-0.3, -0.25) is 0 Å². The number of rotatable bonds is 2. The molecule has 0 radical (unpaired) electrons. The Bertz CT molecular complexity index is 469. The number of aryl methyl sites for hydroxylation is 1. The maximum Gasteiger partial charge on any atom is 0.260 e. The van der Waals surface area contributed by atoms with E-state index in [1.165, 1.54) is 10.5 Å². The molecule has 1 saturated heterocycles. The quantitative estimate of drug-likeness (QED) is 0.857. The third kappa shape index (κ3) is 2.26. The predicted molar refractivity (Wildman–Crippen MR) is 64.0 cm³/mol. The van der Waals surface area contributed by atoms with Gasteiger partial charge in [0.2, 0.25) is 0 Å². The molecule has 1 aromatic rings. The Hall–Kier alpha value is -0.530. The lowest BCUT2D eigenvalue weighted by Gasteiger charge is -2.28.